The molecule has 0 saturated heterocycles. The Morgan fingerprint density at radius 3 is 2.92 bits per heavy atom. The average Bonchev–Trinajstić information content (AvgIpc) is 2.58. The van der Waals surface area contributed by atoms with Crippen molar-refractivity contribution in [3.8, 4) is 0 Å². The van der Waals surface area contributed by atoms with E-state index >= 15 is 0 Å². The summed E-state index contributed by atoms with van der Waals surface area (Å²) < 4.78 is 14.3. The molecule has 0 saturated carbocycles. The third-order valence-electron chi connectivity index (χ3n) is 3.42. The number of fused-ring (bicyclic) bond motifs is 1. The lowest BCUT2D eigenvalue weighted by molar-refractivity contribution is -0.121. The zero-order valence-corrected chi connectivity index (χ0v) is 12.3. The van der Waals surface area contributed by atoms with Crippen LogP contribution in [0.15, 0.2) is 40.1 Å². The second-order valence-corrected chi connectivity index (χ2v) is 5.07. The highest BCUT2D eigenvalue weighted by Gasteiger charge is 2.16. The second-order valence-electron chi connectivity index (χ2n) is 5.07. The molecule has 0 fully saturated rings. The zero-order valence-electron chi connectivity index (χ0n) is 12.3. The molecule has 8 nitrogen and oxygen atoms in total. The molecule has 0 spiro atoms. The van der Waals surface area contributed by atoms with Crippen LogP contribution in [0.4, 0.5) is 4.39 Å². The SMILES string of the molecule is O=C1C=CC(C(=O)NCCn2nnc3ccc(F)cc3c2=O)C=N1. The van der Waals surface area contributed by atoms with E-state index in [1.54, 1.807) is 0 Å². The minimum atomic E-state index is -0.629. The van der Waals surface area contributed by atoms with Gasteiger partial charge in [0, 0.05) is 18.8 Å². The summed E-state index contributed by atoms with van der Waals surface area (Å²) in [5.41, 5.74) is -0.187. The smallest absolute Gasteiger partial charge is 0.277 e. The summed E-state index contributed by atoms with van der Waals surface area (Å²) in [6.45, 7) is 0.205. The van der Waals surface area contributed by atoms with Gasteiger partial charge in [0.25, 0.3) is 11.5 Å². The summed E-state index contributed by atoms with van der Waals surface area (Å²) in [6.07, 6.45) is 3.91. The third kappa shape index (κ3) is 3.24. The Bertz CT molecular complexity index is 918. The van der Waals surface area contributed by atoms with Crippen molar-refractivity contribution < 1.29 is 14.0 Å². The van der Waals surface area contributed by atoms with Gasteiger partial charge < -0.3 is 5.32 Å². The van der Waals surface area contributed by atoms with Crippen LogP contribution in [-0.2, 0) is 16.1 Å². The highest BCUT2D eigenvalue weighted by atomic mass is 19.1. The number of aliphatic imine (C=N–C) groups is 1. The normalized spacial score (nSPS) is 16.5. The monoisotopic (exact) mass is 329 g/mol. The Kier molecular flexibility index (Phi) is 4.23. The Labute approximate surface area is 134 Å². The molecule has 2 amide bonds. The number of halogens is 1. The van der Waals surface area contributed by atoms with Crippen LogP contribution in [0.25, 0.3) is 10.9 Å². The molecule has 3 rings (SSSR count). The number of nitrogens with zero attached hydrogens (tertiary/aromatic N) is 4. The number of aromatic nitrogens is 3. The summed E-state index contributed by atoms with van der Waals surface area (Å²) in [5.74, 6) is -1.93. The Morgan fingerprint density at radius 1 is 1.33 bits per heavy atom. The number of carbonyl (C=O) groups is 2. The molecule has 0 bridgehead atoms. The highest BCUT2D eigenvalue weighted by molar-refractivity contribution is 6.05. The second kappa shape index (κ2) is 6.49. The molecule has 1 aliphatic heterocycles. The number of benzene rings is 1. The van der Waals surface area contributed by atoms with Crippen molar-refractivity contribution in [1.29, 1.82) is 0 Å². The molecule has 2 heterocycles. The summed E-state index contributed by atoms with van der Waals surface area (Å²) >= 11 is 0. The van der Waals surface area contributed by atoms with Crippen LogP contribution in [0, 0.1) is 11.7 Å². The van der Waals surface area contributed by atoms with Crippen LogP contribution in [-0.4, -0.2) is 39.6 Å². The molecule has 1 aromatic carbocycles. The zero-order chi connectivity index (χ0) is 17.1. The Hall–Kier alpha value is -3.23. The van der Waals surface area contributed by atoms with E-state index in [-0.39, 0.29) is 24.4 Å². The van der Waals surface area contributed by atoms with Crippen LogP contribution in [0.3, 0.4) is 0 Å². The summed E-state index contributed by atoms with van der Waals surface area (Å²) in [7, 11) is 0. The van der Waals surface area contributed by atoms with Gasteiger partial charge in [0.15, 0.2) is 0 Å². The maximum Gasteiger partial charge on any atom is 0.277 e. The van der Waals surface area contributed by atoms with Gasteiger partial charge in [0.05, 0.1) is 17.8 Å². The first-order valence-corrected chi connectivity index (χ1v) is 7.12. The largest absolute Gasteiger partial charge is 0.353 e. The molecule has 24 heavy (non-hydrogen) atoms. The minimum absolute atomic E-state index is 0.0799. The molecular weight excluding hydrogens is 317 g/mol. The van der Waals surface area contributed by atoms with Crippen molar-refractivity contribution in [2.45, 2.75) is 6.54 Å². The molecule has 2 aromatic rings. The van der Waals surface area contributed by atoms with Crippen LogP contribution >= 0.6 is 0 Å². The topological polar surface area (TPSA) is 106 Å². The lowest BCUT2D eigenvalue weighted by Crippen LogP contribution is -2.36. The predicted molar refractivity (Wildman–Crippen MR) is 82.9 cm³/mol. The van der Waals surface area contributed by atoms with Gasteiger partial charge in [-0.3, -0.25) is 14.4 Å². The fourth-order valence-electron chi connectivity index (χ4n) is 2.19. The standard InChI is InChI=1S/C15H12FN5O3/c16-10-2-3-12-11(7-10)15(24)21(20-19-12)6-5-17-14(23)9-1-4-13(22)18-8-9/h1-4,7-9H,5-6H2,(H,17,23). The number of nitrogens with one attached hydrogen (secondary N) is 1. The lowest BCUT2D eigenvalue weighted by Gasteiger charge is -2.11. The van der Waals surface area contributed by atoms with Crippen molar-refractivity contribution in [1.82, 2.24) is 20.3 Å². The van der Waals surface area contributed by atoms with Gasteiger partial charge in [-0.05, 0) is 18.2 Å². The van der Waals surface area contributed by atoms with Gasteiger partial charge in [-0.25, -0.2) is 14.1 Å². The maximum absolute atomic E-state index is 13.2. The van der Waals surface area contributed by atoms with Gasteiger partial charge in [-0.1, -0.05) is 11.3 Å². The van der Waals surface area contributed by atoms with Crippen LogP contribution < -0.4 is 10.9 Å². The molecule has 9 heteroatoms. The van der Waals surface area contributed by atoms with E-state index in [4.69, 9.17) is 0 Å². The third-order valence-corrected chi connectivity index (χ3v) is 3.42. The number of dihydropyridines is 1. The minimum Gasteiger partial charge on any atom is -0.353 e. The van der Waals surface area contributed by atoms with Gasteiger partial charge >= 0.3 is 0 Å². The van der Waals surface area contributed by atoms with Crippen molar-refractivity contribution in [3.05, 3.63) is 46.5 Å². The predicted octanol–water partition coefficient (Wildman–Crippen LogP) is -0.170. The van der Waals surface area contributed by atoms with E-state index in [9.17, 15) is 18.8 Å². The van der Waals surface area contributed by atoms with Crippen LogP contribution in [0.2, 0.25) is 0 Å². The summed E-state index contributed by atoms with van der Waals surface area (Å²) in [4.78, 5) is 38.5. The number of carbonyl (C=O) groups excluding carboxylic acids is 2. The molecule has 1 aromatic heterocycles. The summed E-state index contributed by atoms with van der Waals surface area (Å²) in [6, 6.07) is 3.67. The van der Waals surface area contributed by atoms with Crippen LogP contribution in [0.1, 0.15) is 0 Å². The van der Waals surface area contributed by atoms with Gasteiger partial charge in [0.1, 0.15) is 11.3 Å². The van der Waals surface area contributed by atoms with E-state index < -0.39 is 23.2 Å². The number of amides is 2. The molecule has 1 unspecified atom stereocenters. The Balaban J connectivity index is 1.66. The van der Waals surface area contributed by atoms with E-state index in [1.807, 2.05) is 0 Å². The van der Waals surface area contributed by atoms with Crippen molar-refractivity contribution in [2.24, 2.45) is 10.9 Å². The summed E-state index contributed by atoms with van der Waals surface area (Å²) in [5, 5.41) is 10.3. The highest BCUT2D eigenvalue weighted by Crippen LogP contribution is 2.07. The lowest BCUT2D eigenvalue weighted by atomic mass is 10.1. The van der Waals surface area contributed by atoms with Gasteiger partial charge in [-0.15, -0.1) is 5.10 Å². The van der Waals surface area contributed by atoms with Gasteiger partial charge in [-0.2, -0.15) is 0 Å². The van der Waals surface area contributed by atoms with Crippen molar-refractivity contribution >= 4 is 28.9 Å². The first kappa shape index (κ1) is 15.7. The average molecular weight is 329 g/mol. The Morgan fingerprint density at radius 2 is 2.17 bits per heavy atom. The fraction of sp³-hybridized carbons (Fsp3) is 0.200. The van der Waals surface area contributed by atoms with Crippen molar-refractivity contribution in [2.75, 3.05) is 6.54 Å². The fourth-order valence-corrected chi connectivity index (χ4v) is 2.19. The van der Waals surface area contributed by atoms with Gasteiger partial charge in [0.2, 0.25) is 5.91 Å². The quantitative estimate of drug-likeness (QED) is 0.838. The molecule has 1 aliphatic rings. The molecule has 122 valence electrons. The first-order valence-electron chi connectivity index (χ1n) is 7.12. The maximum atomic E-state index is 13.2. The number of rotatable bonds is 4. The first-order chi connectivity index (χ1) is 11.5. The van der Waals surface area contributed by atoms with E-state index in [2.05, 4.69) is 20.6 Å². The van der Waals surface area contributed by atoms with E-state index in [1.165, 1.54) is 30.5 Å². The number of hydrogen-bond donors (Lipinski definition) is 1. The van der Waals surface area contributed by atoms with E-state index in [0.29, 0.717) is 5.52 Å². The van der Waals surface area contributed by atoms with Crippen LogP contribution in [0.5, 0.6) is 0 Å². The molecule has 1 N–H and O–H groups in total. The molecular formula is C15H12FN5O3. The molecule has 0 aliphatic carbocycles. The van der Waals surface area contributed by atoms with E-state index in [0.717, 1.165) is 10.7 Å². The number of hydrogen-bond acceptors (Lipinski definition) is 5. The van der Waals surface area contributed by atoms with Crippen molar-refractivity contribution in [3.63, 3.8) is 0 Å². The molecule has 0 radical (unpaired) electrons. The molecule has 1 atom stereocenters.